The number of nitrogens with two attached hydrogens (primary N) is 1. The van der Waals surface area contributed by atoms with Gasteiger partial charge in [0.1, 0.15) is 0 Å². The van der Waals surface area contributed by atoms with Crippen LogP contribution in [-0.2, 0) is 0 Å². The molecule has 2 nitrogen and oxygen atoms in total. The SMILES string of the molecule is CC(CN)CSCC(O)CC1CCCC1. The number of thioether (sulfide) groups is 1. The van der Waals surface area contributed by atoms with Crippen LogP contribution in [0.15, 0.2) is 0 Å². The minimum atomic E-state index is -0.0944. The van der Waals surface area contributed by atoms with E-state index in [1.807, 2.05) is 11.8 Å². The molecule has 0 radical (unpaired) electrons. The highest BCUT2D eigenvalue weighted by molar-refractivity contribution is 7.99. The molecule has 0 amide bonds. The molecule has 1 aliphatic carbocycles. The van der Waals surface area contributed by atoms with Gasteiger partial charge in [-0.25, -0.2) is 0 Å². The molecule has 0 aromatic carbocycles. The van der Waals surface area contributed by atoms with E-state index in [0.717, 1.165) is 30.4 Å². The first kappa shape index (κ1) is 13.3. The Kier molecular flexibility index (Phi) is 6.69. The van der Waals surface area contributed by atoms with Gasteiger partial charge in [0.15, 0.2) is 0 Å². The molecular weight excluding hydrogens is 206 g/mol. The van der Waals surface area contributed by atoms with Crippen LogP contribution in [0.2, 0.25) is 0 Å². The normalized spacial score (nSPS) is 21.8. The fraction of sp³-hybridized carbons (Fsp3) is 1.00. The van der Waals surface area contributed by atoms with E-state index >= 15 is 0 Å². The van der Waals surface area contributed by atoms with E-state index in [4.69, 9.17) is 5.73 Å². The van der Waals surface area contributed by atoms with Gasteiger partial charge in [-0.2, -0.15) is 11.8 Å². The Labute approximate surface area is 98.0 Å². The summed E-state index contributed by atoms with van der Waals surface area (Å²) in [4.78, 5) is 0. The van der Waals surface area contributed by atoms with Crippen LogP contribution in [0.1, 0.15) is 39.0 Å². The molecule has 2 unspecified atom stereocenters. The molecule has 2 atom stereocenters. The summed E-state index contributed by atoms with van der Waals surface area (Å²) in [5.74, 6) is 3.35. The van der Waals surface area contributed by atoms with Gasteiger partial charge >= 0.3 is 0 Å². The van der Waals surface area contributed by atoms with Crippen LogP contribution >= 0.6 is 11.8 Å². The molecule has 3 heteroatoms. The highest BCUT2D eigenvalue weighted by Crippen LogP contribution is 2.29. The lowest BCUT2D eigenvalue weighted by atomic mass is 10.0. The Balaban J connectivity index is 2.00. The fourth-order valence-corrected chi connectivity index (χ4v) is 3.25. The molecule has 1 rings (SSSR count). The van der Waals surface area contributed by atoms with Crippen molar-refractivity contribution >= 4 is 11.8 Å². The van der Waals surface area contributed by atoms with Crippen LogP contribution in [0.4, 0.5) is 0 Å². The molecule has 0 aromatic rings. The summed E-state index contributed by atoms with van der Waals surface area (Å²) in [6, 6.07) is 0. The summed E-state index contributed by atoms with van der Waals surface area (Å²) in [6.45, 7) is 2.92. The number of hydrogen-bond donors (Lipinski definition) is 2. The van der Waals surface area contributed by atoms with Crippen molar-refractivity contribution in [3.63, 3.8) is 0 Å². The highest BCUT2D eigenvalue weighted by Gasteiger charge is 2.18. The predicted octanol–water partition coefficient (Wildman–Crippen LogP) is 2.26. The molecule has 3 N–H and O–H groups in total. The fourth-order valence-electron chi connectivity index (χ4n) is 2.17. The zero-order valence-corrected chi connectivity index (χ0v) is 10.6. The van der Waals surface area contributed by atoms with Gasteiger partial charge in [-0.3, -0.25) is 0 Å². The summed E-state index contributed by atoms with van der Waals surface area (Å²) in [7, 11) is 0. The van der Waals surface area contributed by atoms with Crippen molar-refractivity contribution in [2.75, 3.05) is 18.1 Å². The van der Waals surface area contributed by atoms with Gasteiger partial charge in [-0.05, 0) is 30.6 Å². The Morgan fingerprint density at radius 2 is 2.00 bits per heavy atom. The van der Waals surface area contributed by atoms with Gasteiger partial charge in [0.05, 0.1) is 6.10 Å². The van der Waals surface area contributed by atoms with Crippen LogP contribution in [-0.4, -0.2) is 29.3 Å². The predicted molar refractivity (Wildman–Crippen MR) is 68.1 cm³/mol. The maximum absolute atomic E-state index is 9.84. The van der Waals surface area contributed by atoms with Crippen molar-refractivity contribution in [2.45, 2.75) is 45.1 Å². The molecule has 0 aromatic heterocycles. The van der Waals surface area contributed by atoms with Crippen molar-refractivity contribution in [3.05, 3.63) is 0 Å². The first-order valence-electron chi connectivity index (χ1n) is 6.18. The minimum absolute atomic E-state index is 0.0944. The van der Waals surface area contributed by atoms with Gasteiger partial charge in [0, 0.05) is 5.75 Å². The van der Waals surface area contributed by atoms with Gasteiger partial charge in [0.2, 0.25) is 0 Å². The van der Waals surface area contributed by atoms with Gasteiger partial charge < -0.3 is 10.8 Å². The van der Waals surface area contributed by atoms with Gasteiger partial charge in [-0.15, -0.1) is 0 Å². The number of hydrogen-bond acceptors (Lipinski definition) is 3. The second kappa shape index (κ2) is 7.53. The summed E-state index contributed by atoms with van der Waals surface area (Å²) in [6.07, 6.45) is 6.33. The molecule has 1 fully saturated rings. The molecular formula is C12H25NOS. The first-order valence-corrected chi connectivity index (χ1v) is 7.33. The van der Waals surface area contributed by atoms with Crippen LogP contribution in [0.5, 0.6) is 0 Å². The van der Waals surface area contributed by atoms with E-state index in [1.165, 1.54) is 25.7 Å². The third-order valence-corrected chi connectivity index (χ3v) is 4.62. The Morgan fingerprint density at radius 3 is 2.60 bits per heavy atom. The molecule has 15 heavy (non-hydrogen) atoms. The minimum Gasteiger partial charge on any atom is -0.392 e. The Morgan fingerprint density at radius 1 is 1.33 bits per heavy atom. The van der Waals surface area contributed by atoms with E-state index < -0.39 is 0 Å². The maximum Gasteiger partial charge on any atom is 0.0633 e. The summed E-state index contributed by atoms with van der Waals surface area (Å²) < 4.78 is 0. The molecule has 90 valence electrons. The maximum atomic E-state index is 9.84. The lowest BCUT2D eigenvalue weighted by molar-refractivity contribution is 0.165. The van der Waals surface area contributed by atoms with Gasteiger partial charge in [-0.1, -0.05) is 32.6 Å². The molecule has 0 bridgehead atoms. The zero-order chi connectivity index (χ0) is 11.1. The third-order valence-electron chi connectivity index (χ3n) is 3.20. The van der Waals surface area contributed by atoms with Crippen molar-refractivity contribution in [1.29, 1.82) is 0 Å². The average Bonchev–Trinajstić information content (AvgIpc) is 2.70. The van der Waals surface area contributed by atoms with Crippen molar-refractivity contribution in [2.24, 2.45) is 17.6 Å². The second-order valence-electron chi connectivity index (χ2n) is 4.92. The third kappa shape index (κ3) is 5.79. The lowest BCUT2D eigenvalue weighted by Crippen LogP contribution is -2.17. The van der Waals surface area contributed by atoms with Crippen LogP contribution < -0.4 is 5.73 Å². The quantitative estimate of drug-likeness (QED) is 0.706. The van der Waals surface area contributed by atoms with Gasteiger partial charge in [0.25, 0.3) is 0 Å². The van der Waals surface area contributed by atoms with E-state index in [2.05, 4.69) is 6.92 Å². The molecule has 0 heterocycles. The molecule has 1 saturated carbocycles. The van der Waals surface area contributed by atoms with E-state index in [0.29, 0.717) is 5.92 Å². The molecule has 0 spiro atoms. The highest BCUT2D eigenvalue weighted by atomic mass is 32.2. The Bertz CT molecular complexity index is 160. The largest absolute Gasteiger partial charge is 0.392 e. The number of rotatable bonds is 7. The second-order valence-corrected chi connectivity index (χ2v) is 5.99. The van der Waals surface area contributed by atoms with Crippen molar-refractivity contribution in [3.8, 4) is 0 Å². The summed E-state index contributed by atoms with van der Waals surface area (Å²) >= 11 is 1.85. The molecule has 0 aliphatic heterocycles. The number of aliphatic hydroxyl groups excluding tert-OH is 1. The number of aliphatic hydroxyl groups is 1. The zero-order valence-electron chi connectivity index (χ0n) is 9.82. The van der Waals surface area contributed by atoms with Crippen LogP contribution in [0.25, 0.3) is 0 Å². The summed E-state index contributed by atoms with van der Waals surface area (Å²) in [5.41, 5.74) is 5.55. The van der Waals surface area contributed by atoms with Crippen molar-refractivity contribution < 1.29 is 5.11 Å². The topological polar surface area (TPSA) is 46.2 Å². The molecule has 0 saturated heterocycles. The van der Waals surface area contributed by atoms with E-state index in [-0.39, 0.29) is 6.10 Å². The van der Waals surface area contributed by atoms with E-state index in [9.17, 15) is 5.11 Å². The van der Waals surface area contributed by atoms with E-state index in [1.54, 1.807) is 0 Å². The summed E-state index contributed by atoms with van der Waals surface area (Å²) in [5, 5.41) is 9.84. The van der Waals surface area contributed by atoms with Crippen LogP contribution in [0.3, 0.4) is 0 Å². The Hall–Kier alpha value is 0.270. The monoisotopic (exact) mass is 231 g/mol. The molecule has 1 aliphatic rings. The first-order chi connectivity index (χ1) is 7.22. The van der Waals surface area contributed by atoms with Crippen molar-refractivity contribution in [1.82, 2.24) is 0 Å². The smallest absolute Gasteiger partial charge is 0.0633 e. The average molecular weight is 231 g/mol. The lowest BCUT2D eigenvalue weighted by Gasteiger charge is -2.15. The van der Waals surface area contributed by atoms with Crippen LogP contribution in [0, 0.1) is 11.8 Å². The standard InChI is InChI=1S/C12H25NOS/c1-10(7-13)8-15-9-12(14)6-11-4-2-3-5-11/h10-12,14H,2-9,13H2,1H3.